The summed E-state index contributed by atoms with van der Waals surface area (Å²) in [5.41, 5.74) is 0. The van der Waals surface area contributed by atoms with Gasteiger partial charge in [-0.25, -0.2) is 8.42 Å². The van der Waals surface area contributed by atoms with Gasteiger partial charge in [0.1, 0.15) is 12.4 Å². The minimum atomic E-state index is -3.67. The van der Waals surface area contributed by atoms with Crippen LogP contribution in [-0.4, -0.2) is 81.5 Å². The molecule has 0 unspecified atom stereocenters. The van der Waals surface area contributed by atoms with Gasteiger partial charge in [-0.2, -0.15) is 4.31 Å². The molecule has 2 amide bonds. The number of rotatable bonds is 8. The molecule has 1 aromatic rings. The number of hydrogen-bond acceptors (Lipinski definition) is 6. The van der Waals surface area contributed by atoms with Gasteiger partial charge in [-0.1, -0.05) is 0 Å². The molecule has 1 N–H and O–H groups in total. The van der Waals surface area contributed by atoms with Crippen molar-refractivity contribution in [2.75, 3.05) is 46.0 Å². The van der Waals surface area contributed by atoms with Crippen LogP contribution in [0.2, 0.25) is 0 Å². The number of piperazine rings is 1. The van der Waals surface area contributed by atoms with Gasteiger partial charge < -0.3 is 19.7 Å². The Morgan fingerprint density at radius 2 is 1.72 bits per heavy atom. The quantitative estimate of drug-likeness (QED) is 0.472. The van der Waals surface area contributed by atoms with E-state index in [1.165, 1.54) is 21.3 Å². The molecular formula is C19H27N3O6S. The van der Waals surface area contributed by atoms with Crippen LogP contribution in [0, 0.1) is 0 Å². The second-order valence-corrected chi connectivity index (χ2v) is 8.90. The van der Waals surface area contributed by atoms with Gasteiger partial charge in [0.15, 0.2) is 0 Å². The first kappa shape index (κ1) is 21.5. The molecule has 0 atom stereocenters. The molecule has 0 bridgehead atoms. The van der Waals surface area contributed by atoms with E-state index in [9.17, 15) is 18.0 Å². The number of carbonyl (C=O) groups is 2. The first-order valence-electron chi connectivity index (χ1n) is 9.82. The van der Waals surface area contributed by atoms with Crippen molar-refractivity contribution >= 4 is 21.8 Å². The fourth-order valence-electron chi connectivity index (χ4n) is 2.97. The molecule has 1 aromatic carbocycles. The van der Waals surface area contributed by atoms with Crippen molar-refractivity contribution in [2.45, 2.75) is 30.7 Å². The molecule has 1 aliphatic carbocycles. The van der Waals surface area contributed by atoms with Crippen LogP contribution in [-0.2, 0) is 24.3 Å². The Hall–Kier alpha value is -2.17. The number of amides is 2. The van der Waals surface area contributed by atoms with E-state index < -0.39 is 21.8 Å². The third-order valence-electron chi connectivity index (χ3n) is 4.79. The molecule has 9 nitrogen and oxygen atoms in total. The van der Waals surface area contributed by atoms with Gasteiger partial charge in [0, 0.05) is 38.8 Å². The maximum atomic E-state index is 12.8. The van der Waals surface area contributed by atoms with Crippen molar-refractivity contribution in [3.05, 3.63) is 24.3 Å². The zero-order chi connectivity index (χ0) is 20.9. The molecule has 3 rings (SSSR count). The Morgan fingerprint density at radius 3 is 2.31 bits per heavy atom. The minimum absolute atomic E-state index is 0.110. The maximum Gasteiger partial charge on any atom is 0.311 e. The predicted molar refractivity (Wildman–Crippen MR) is 105 cm³/mol. The van der Waals surface area contributed by atoms with Gasteiger partial charge in [-0.3, -0.25) is 9.59 Å². The van der Waals surface area contributed by atoms with Crippen LogP contribution in [0.25, 0.3) is 0 Å². The lowest BCUT2D eigenvalue weighted by atomic mass is 10.3. The van der Waals surface area contributed by atoms with Crippen LogP contribution < -0.4 is 10.1 Å². The van der Waals surface area contributed by atoms with Crippen molar-refractivity contribution < 1.29 is 27.5 Å². The second-order valence-electron chi connectivity index (χ2n) is 6.96. The Labute approximate surface area is 171 Å². The van der Waals surface area contributed by atoms with Crippen LogP contribution in [0.4, 0.5) is 0 Å². The highest BCUT2D eigenvalue weighted by Crippen LogP contribution is 2.21. The molecule has 1 aliphatic heterocycles. The molecule has 0 radical (unpaired) electrons. The first-order valence-corrected chi connectivity index (χ1v) is 11.3. The first-order chi connectivity index (χ1) is 13.9. The van der Waals surface area contributed by atoms with E-state index in [4.69, 9.17) is 9.47 Å². The average molecular weight is 426 g/mol. The third-order valence-corrected chi connectivity index (χ3v) is 6.71. The number of nitrogens with one attached hydrogen (secondary N) is 1. The van der Waals surface area contributed by atoms with Crippen molar-refractivity contribution in [1.29, 1.82) is 0 Å². The van der Waals surface area contributed by atoms with Gasteiger partial charge in [-0.15, -0.1) is 0 Å². The topological polar surface area (TPSA) is 105 Å². The largest absolute Gasteiger partial charge is 0.491 e. The Balaban J connectivity index is 1.52. The van der Waals surface area contributed by atoms with Gasteiger partial charge in [0.2, 0.25) is 10.0 Å². The van der Waals surface area contributed by atoms with Gasteiger partial charge in [-0.05, 0) is 44.0 Å². The van der Waals surface area contributed by atoms with Crippen molar-refractivity contribution in [3.63, 3.8) is 0 Å². The van der Waals surface area contributed by atoms with Gasteiger partial charge in [0.25, 0.3) is 0 Å². The van der Waals surface area contributed by atoms with E-state index >= 15 is 0 Å². The molecule has 0 spiro atoms. The summed E-state index contributed by atoms with van der Waals surface area (Å²) in [7, 11) is -3.67. The number of ether oxygens (including phenoxy) is 2. The number of hydrogen-bond donors (Lipinski definition) is 1. The molecular weight excluding hydrogens is 398 g/mol. The van der Waals surface area contributed by atoms with Crippen LogP contribution in [0.15, 0.2) is 29.2 Å². The lowest BCUT2D eigenvalue weighted by molar-refractivity contribution is -0.146. The van der Waals surface area contributed by atoms with E-state index in [1.807, 2.05) is 6.92 Å². The highest BCUT2D eigenvalue weighted by atomic mass is 32.2. The van der Waals surface area contributed by atoms with E-state index in [1.54, 1.807) is 12.1 Å². The molecule has 0 aromatic heterocycles. The van der Waals surface area contributed by atoms with Crippen LogP contribution >= 0.6 is 0 Å². The summed E-state index contributed by atoms with van der Waals surface area (Å²) in [6, 6.07) is 6.35. The molecule has 1 saturated carbocycles. The summed E-state index contributed by atoms with van der Waals surface area (Å²) < 4.78 is 37.7. The number of carbonyl (C=O) groups excluding carboxylic acids is 2. The molecule has 1 saturated heterocycles. The third kappa shape index (κ3) is 5.68. The normalized spacial score (nSPS) is 17.8. The number of sulfonamides is 1. The lowest BCUT2D eigenvalue weighted by Crippen LogP contribution is -2.53. The maximum absolute atomic E-state index is 12.8. The van der Waals surface area contributed by atoms with Crippen LogP contribution in [0.3, 0.4) is 0 Å². The standard InChI is InChI=1S/C19H27N3O6S/c1-2-27-13-14-28-16-5-7-17(8-6-16)29(25,26)22-11-9-21(10-12-22)19(24)18(23)20-15-3-4-15/h5-8,15H,2-4,9-14H2,1H3,(H,20,23). The summed E-state index contributed by atoms with van der Waals surface area (Å²) in [4.78, 5) is 25.6. The zero-order valence-corrected chi connectivity index (χ0v) is 17.3. The fraction of sp³-hybridized carbons (Fsp3) is 0.579. The molecule has 1 heterocycles. The molecule has 29 heavy (non-hydrogen) atoms. The van der Waals surface area contributed by atoms with Gasteiger partial charge in [0.05, 0.1) is 11.5 Å². The predicted octanol–water partition coefficient (Wildman–Crippen LogP) is 0.213. The summed E-state index contributed by atoms with van der Waals surface area (Å²) in [6.07, 6.45) is 1.81. The SMILES string of the molecule is CCOCCOc1ccc(S(=O)(=O)N2CCN(C(=O)C(=O)NC3CC3)CC2)cc1. The number of benzene rings is 1. The molecule has 2 fully saturated rings. The smallest absolute Gasteiger partial charge is 0.311 e. The zero-order valence-electron chi connectivity index (χ0n) is 16.5. The highest BCUT2D eigenvalue weighted by Gasteiger charge is 2.33. The van der Waals surface area contributed by atoms with Crippen molar-refractivity contribution in [3.8, 4) is 5.75 Å². The van der Waals surface area contributed by atoms with E-state index in [-0.39, 0.29) is 37.1 Å². The Morgan fingerprint density at radius 1 is 1.07 bits per heavy atom. The van der Waals surface area contributed by atoms with Crippen molar-refractivity contribution in [2.24, 2.45) is 0 Å². The summed E-state index contributed by atoms with van der Waals surface area (Å²) in [5.74, 6) is -0.632. The second kappa shape index (κ2) is 9.55. The minimum Gasteiger partial charge on any atom is -0.491 e. The summed E-state index contributed by atoms with van der Waals surface area (Å²) in [6.45, 7) is 4.06. The number of nitrogens with zero attached hydrogens (tertiary/aromatic N) is 2. The summed E-state index contributed by atoms with van der Waals surface area (Å²) in [5, 5.41) is 2.66. The van der Waals surface area contributed by atoms with E-state index in [0.29, 0.717) is 25.6 Å². The van der Waals surface area contributed by atoms with Crippen molar-refractivity contribution in [1.82, 2.24) is 14.5 Å². The van der Waals surface area contributed by atoms with Gasteiger partial charge >= 0.3 is 11.8 Å². The molecule has 160 valence electrons. The highest BCUT2D eigenvalue weighted by molar-refractivity contribution is 7.89. The monoisotopic (exact) mass is 425 g/mol. The molecule has 10 heteroatoms. The lowest BCUT2D eigenvalue weighted by Gasteiger charge is -2.33. The van der Waals surface area contributed by atoms with Crippen LogP contribution in [0.5, 0.6) is 5.75 Å². The Kier molecular flexibility index (Phi) is 7.09. The van der Waals surface area contributed by atoms with Crippen LogP contribution in [0.1, 0.15) is 19.8 Å². The van der Waals surface area contributed by atoms with E-state index in [0.717, 1.165) is 12.8 Å². The fourth-order valence-corrected chi connectivity index (χ4v) is 4.39. The van der Waals surface area contributed by atoms with E-state index in [2.05, 4.69) is 5.32 Å². The Bertz CT molecular complexity index is 815. The average Bonchev–Trinajstić information content (AvgIpc) is 3.55. The summed E-state index contributed by atoms with van der Waals surface area (Å²) >= 11 is 0. The molecule has 2 aliphatic rings.